The van der Waals surface area contributed by atoms with Crippen LogP contribution in [0.3, 0.4) is 0 Å². The number of piperidine rings is 1. The maximum absolute atomic E-state index is 5.55. The molecule has 0 aromatic rings. The Labute approximate surface area is 80.4 Å². The van der Waals surface area contributed by atoms with Crippen molar-refractivity contribution < 1.29 is 4.74 Å². The highest BCUT2D eigenvalue weighted by molar-refractivity contribution is 4.99. The Hall–Kier alpha value is -0.120. The minimum Gasteiger partial charge on any atom is -0.377 e. The summed E-state index contributed by atoms with van der Waals surface area (Å²) in [5.74, 6) is 0. The fourth-order valence-electron chi connectivity index (χ4n) is 2.32. The van der Waals surface area contributed by atoms with Gasteiger partial charge in [-0.1, -0.05) is 0 Å². The predicted octanol–water partition coefficient (Wildman–Crippen LogP) is 0.458. The van der Waals surface area contributed by atoms with Gasteiger partial charge in [0.15, 0.2) is 0 Å². The van der Waals surface area contributed by atoms with E-state index in [2.05, 4.69) is 24.1 Å². The molecule has 0 radical (unpaired) electrons. The van der Waals surface area contributed by atoms with Crippen LogP contribution in [0.4, 0.5) is 0 Å². The number of hydrogen-bond acceptors (Lipinski definition) is 3. The molecule has 2 unspecified atom stereocenters. The lowest BCUT2D eigenvalue weighted by atomic mass is 9.89. The maximum atomic E-state index is 5.55. The number of fused-ring (bicyclic) bond motifs is 2. The molecule has 0 spiro atoms. The van der Waals surface area contributed by atoms with Crippen molar-refractivity contribution in [3.05, 3.63) is 0 Å². The van der Waals surface area contributed by atoms with E-state index in [-0.39, 0.29) is 0 Å². The molecule has 3 nitrogen and oxygen atoms in total. The van der Waals surface area contributed by atoms with Crippen LogP contribution >= 0.6 is 0 Å². The van der Waals surface area contributed by atoms with Gasteiger partial charge in [-0.3, -0.25) is 4.90 Å². The van der Waals surface area contributed by atoms with E-state index >= 15 is 0 Å². The highest BCUT2D eigenvalue weighted by atomic mass is 16.5. The van der Waals surface area contributed by atoms with E-state index < -0.39 is 0 Å². The molecule has 3 aliphatic heterocycles. The molecule has 3 aliphatic rings. The average molecular weight is 184 g/mol. The van der Waals surface area contributed by atoms with Gasteiger partial charge in [-0.2, -0.15) is 0 Å². The zero-order valence-corrected chi connectivity index (χ0v) is 8.62. The van der Waals surface area contributed by atoms with Crippen molar-refractivity contribution in [3.8, 4) is 0 Å². The molecule has 3 heterocycles. The molecule has 76 valence electrons. The summed E-state index contributed by atoms with van der Waals surface area (Å²) in [7, 11) is 0. The monoisotopic (exact) mass is 184 g/mol. The first-order chi connectivity index (χ1) is 6.27. The van der Waals surface area contributed by atoms with Crippen molar-refractivity contribution in [1.29, 1.82) is 0 Å². The zero-order valence-electron chi connectivity index (χ0n) is 8.62. The zero-order chi connectivity index (χ0) is 9.26. The fraction of sp³-hybridized carbons (Fsp3) is 1.00. The molecular weight excluding hydrogens is 164 g/mol. The molecular formula is C10H20N2O. The molecule has 1 N–H and O–H groups in total. The van der Waals surface area contributed by atoms with Crippen LogP contribution in [0.15, 0.2) is 0 Å². The Balaban J connectivity index is 1.65. The Bertz CT molecular complexity index is 158. The molecule has 2 bridgehead atoms. The van der Waals surface area contributed by atoms with Crippen LogP contribution in [0, 0.1) is 0 Å². The van der Waals surface area contributed by atoms with Crippen molar-refractivity contribution in [2.75, 3.05) is 26.2 Å². The molecule has 2 atom stereocenters. The second kappa shape index (κ2) is 3.95. The Kier molecular flexibility index (Phi) is 2.86. The van der Waals surface area contributed by atoms with E-state index in [9.17, 15) is 0 Å². The lowest BCUT2D eigenvalue weighted by Gasteiger charge is -2.53. The first kappa shape index (κ1) is 9.44. The van der Waals surface area contributed by atoms with Crippen LogP contribution in [-0.2, 0) is 4.74 Å². The first-order valence-electron chi connectivity index (χ1n) is 5.35. The summed E-state index contributed by atoms with van der Waals surface area (Å²) in [6.07, 6.45) is 1.77. The van der Waals surface area contributed by atoms with Gasteiger partial charge in [-0.15, -0.1) is 0 Å². The van der Waals surface area contributed by atoms with Crippen molar-refractivity contribution in [2.45, 2.75) is 38.5 Å². The van der Waals surface area contributed by atoms with E-state index in [0.717, 1.165) is 25.2 Å². The van der Waals surface area contributed by atoms with E-state index in [1.165, 1.54) is 19.5 Å². The smallest absolute Gasteiger partial charge is 0.0597 e. The normalized spacial score (nSPS) is 33.5. The van der Waals surface area contributed by atoms with Crippen molar-refractivity contribution in [3.63, 3.8) is 0 Å². The highest BCUT2D eigenvalue weighted by Gasteiger charge is 2.40. The summed E-state index contributed by atoms with van der Waals surface area (Å²) < 4.78 is 5.55. The van der Waals surface area contributed by atoms with E-state index in [1.54, 1.807) is 0 Å². The van der Waals surface area contributed by atoms with Gasteiger partial charge in [0, 0.05) is 31.7 Å². The minimum atomic E-state index is 0.374. The summed E-state index contributed by atoms with van der Waals surface area (Å²) in [6.45, 7) is 8.56. The lowest BCUT2D eigenvalue weighted by molar-refractivity contribution is -0.0411. The third kappa shape index (κ3) is 2.03. The van der Waals surface area contributed by atoms with Gasteiger partial charge in [0.25, 0.3) is 0 Å². The molecule has 0 aromatic heterocycles. The third-order valence-corrected chi connectivity index (χ3v) is 3.04. The lowest BCUT2D eigenvalue weighted by Crippen LogP contribution is -2.68. The van der Waals surface area contributed by atoms with E-state index in [1.807, 2.05) is 0 Å². The topological polar surface area (TPSA) is 24.5 Å². The molecule has 13 heavy (non-hydrogen) atoms. The standard InChI is InChI=1S/C10H20N2O/c1-8(2)13-4-3-12-9-5-10(12)7-11-6-9/h8-11H,3-7H2,1-2H3. The number of ether oxygens (including phenoxy) is 1. The number of nitrogens with zero attached hydrogens (tertiary/aromatic N) is 1. The van der Waals surface area contributed by atoms with Gasteiger partial charge < -0.3 is 10.1 Å². The average Bonchev–Trinajstić information content (AvgIpc) is 2.13. The minimum absolute atomic E-state index is 0.374. The van der Waals surface area contributed by atoms with Crippen LogP contribution in [0.25, 0.3) is 0 Å². The number of hydrogen-bond donors (Lipinski definition) is 1. The second-order valence-corrected chi connectivity index (χ2v) is 4.36. The highest BCUT2D eigenvalue weighted by Crippen LogP contribution is 2.27. The SMILES string of the molecule is CC(C)OCCN1C2CNCC1C2. The van der Waals surface area contributed by atoms with Gasteiger partial charge in [-0.05, 0) is 20.3 Å². The summed E-state index contributed by atoms with van der Waals surface area (Å²) in [5, 5.41) is 3.43. The van der Waals surface area contributed by atoms with Crippen LogP contribution in [0.2, 0.25) is 0 Å². The first-order valence-corrected chi connectivity index (χ1v) is 5.35. The van der Waals surface area contributed by atoms with Crippen LogP contribution in [0.1, 0.15) is 20.3 Å². The number of piperazine rings is 1. The molecule has 3 fully saturated rings. The van der Waals surface area contributed by atoms with Crippen LogP contribution in [-0.4, -0.2) is 49.3 Å². The summed E-state index contributed by atoms with van der Waals surface area (Å²) in [5.41, 5.74) is 0. The summed E-state index contributed by atoms with van der Waals surface area (Å²) >= 11 is 0. The second-order valence-electron chi connectivity index (χ2n) is 4.36. The van der Waals surface area contributed by atoms with Gasteiger partial charge in [0.2, 0.25) is 0 Å². The van der Waals surface area contributed by atoms with Gasteiger partial charge in [0.05, 0.1) is 12.7 Å². The molecule has 3 heteroatoms. The predicted molar refractivity (Wildman–Crippen MR) is 52.9 cm³/mol. The van der Waals surface area contributed by atoms with Gasteiger partial charge >= 0.3 is 0 Å². The summed E-state index contributed by atoms with van der Waals surface area (Å²) in [6, 6.07) is 1.60. The Morgan fingerprint density at radius 2 is 2.08 bits per heavy atom. The number of rotatable bonds is 4. The van der Waals surface area contributed by atoms with Crippen molar-refractivity contribution >= 4 is 0 Å². The fourth-order valence-corrected chi connectivity index (χ4v) is 2.32. The van der Waals surface area contributed by atoms with E-state index in [4.69, 9.17) is 4.74 Å². The maximum Gasteiger partial charge on any atom is 0.0597 e. The summed E-state index contributed by atoms with van der Waals surface area (Å²) in [4.78, 5) is 2.58. The molecule has 3 rings (SSSR count). The molecule has 0 aromatic carbocycles. The van der Waals surface area contributed by atoms with E-state index in [0.29, 0.717) is 6.10 Å². The largest absolute Gasteiger partial charge is 0.377 e. The van der Waals surface area contributed by atoms with Crippen LogP contribution in [0.5, 0.6) is 0 Å². The molecule has 3 saturated heterocycles. The van der Waals surface area contributed by atoms with Gasteiger partial charge in [0.1, 0.15) is 0 Å². The molecule has 0 aliphatic carbocycles. The van der Waals surface area contributed by atoms with Crippen molar-refractivity contribution in [1.82, 2.24) is 10.2 Å². The third-order valence-electron chi connectivity index (χ3n) is 3.04. The molecule has 0 saturated carbocycles. The quantitative estimate of drug-likeness (QED) is 0.687. The van der Waals surface area contributed by atoms with Crippen molar-refractivity contribution in [2.24, 2.45) is 0 Å². The number of nitrogens with one attached hydrogen (secondary N) is 1. The Morgan fingerprint density at radius 3 is 2.62 bits per heavy atom. The van der Waals surface area contributed by atoms with Crippen LogP contribution < -0.4 is 5.32 Å². The van der Waals surface area contributed by atoms with Gasteiger partial charge in [-0.25, -0.2) is 0 Å². The Morgan fingerprint density at radius 1 is 1.38 bits per heavy atom. The molecule has 0 amide bonds.